The van der Waals surface area contributed by atoms with Crippen molar-refractivity contribution in [2.24, 2.45) is 5.92 Å². The maximum Gasteiger partial charge on any atom is 0.189 e. The summed E-state index contributed by atoms with van der Waals surface area (Å²) in [5.41, 5.74) is 2.22. The van der Waals surface area contributed by atoms with Crippen molar-refractivity contribution in [1.82, 2.24) is 25.0 Å². The van der Waals surface area contributed by atoms with Crippen LogP contribution in [0.15, 0.2) is 5.16 Å². The Morgan fingerprint density at radius 1 is 1.36 bits per heavy atom. The number of aryl methyl sites for hydroxylation is 1. The molecule has 1 saturated carbocycles. The van der Waals surface area contributed by atoms with Crippen LogP contribution in [-0.4, -0.2) is 66.3 Å². The number of aliphatic hydroxyl groups excluding tert-OH is 2. The first-order chi connectivity index (χ1) is 12.1. The summed E-state index contributed by atoms with van der Waals surface area (Å²) in [5.74, 6) is 0.915. The molecule has 2 N–H and O–H groups in total. The third-order valence-electron chi connectivity index (χ3n) is 4.65. The second-order valence-electron chi connectivity index (χ2n) is 6.43. The molecule has 1 fully saturated rings. The fraction of sp³-hybridized carbons (Fsp3) is 0.750. The molecule has 0 radical (unpaired) electrons. The maximum atomic E-state index is 10.4. The van der Waals surface area contributed by atoms with E-state index in [-0.39, 0.29) is 31.3 Å². The number of aromatic nitrogens is 5. The minimum Gasteiger partial charge on any atom is -0.394 e. The predicted molar refractivity (Wildman–Crippen MR) is 94.5 cm³/mol. The van der Waals surface area contributed by atoms with Crippen LogP contribution < -0.4 is 0 Å². The molecule has 2 aromatic rings. The van der Waals surface area contributed by atoms with Gasteiger partial charge in [0.25, 0.3) is 0 Å². The first-order valence-corrected chi connectivity index (χ1v) is 9.68. The molecule has 25 heavy (non-hydrogen) atoms. The molecule has 1 aliphatic rings. The summed E-state index contributed by atoms with van der Waals surface area (Å²) in [6, 6.07) is -0.0537. The molecule has 3 rings (SSSR count). The van der Waals surface area contributed by atoms with Gasteiger partial charge in [-0.05, 0) is 19.8 Å². The normalized spacial score (nSPS) is 26.6. The van der Waals surface area contributed by atoms with Crippen LogP contribution in [0, 0.1) is 12.8 Å². The van der Waals surface area contributed by atoms with Gasteiger partial charge in [0.15, 0.2) is 16.3 Å². The molecule has 0 saturated heterocycles. The van der Waals surface area contributed by atoms with Crippen LogP contribution in [0.1, 0.15) is 38.4 Å². The Morgan fingerprint density at radius 3 is 2.88 bits per heavy atom. The van der Waals surface area contributed by atoms with Crippen LogP contribution >= 0.6 is 11.8 Å². The van der Waals surface area contributed by atoms with E-state index in [4.69, 9.17) is 9.84 Å². The molecule has 8 nitrogen and oxygen atoms in total. The Balaban J connectivity index is 1.91. The van der Waals surface area contributed by atoms with Gasteiger partial charge >= 0.3 is 0 Å². The number of nitrogens with zero attached hydrogens (tertiary/aromatic N) is 5. The van der Waals surface area contributed by atoms with Crippen LogP contribution in [0.3, 0.4) is 0 Å². The molecule has 4 atom stereocenters. The summed E-state index contributed by atoms with van der Waals surface area (Å²) in [6.07, 6.45) is 0.746. The highest BCUT2D eigenvalue weighted by Crippen LogP contribution is 2.38. The first-order valence-electron chi connectivity index (χ1n) is 8.69. The lowest BCUT2D eigenvalue weighted by Gasteiger charge is -2.18. The van der Waals surface area contributed by atoms with Crippen molar-refractivity contribution in [3.8, 4) is 0 Å². The highest BCUT2D eigenvalue weighted by molar-refractivity contribution is 7.99. The molecule has 0 spiro atoms. The monoisotopic (exact) mass is 367 g/mol. The maximum absolute atomic E-state index is 10.4. The van der Waals surface area contributed by atoms with Crippen LogP contribution in [0.2, 0.25) is 0 Å². The highest BCUT2D eigenvalue weighted by Gasteiger charge is 2.42. The Bertz CT molecular complexity index is 725. The number of hydrogen-bond acceptors (Lipinski definition) is 8. The smallest absolute Gasteiger partial charge is 0.189 e. The van der Waals surface area contributed by atoms with Crippen molar-refractivity contribution in [3.63, 3.8) is 0 Å². The van der Waals surface area contributed by atoms with E-state index >= 15 is 0 Å². The van der Waals surface area contributed by atoms with Gasteiger partial charge in [-0.1, -0.05) is 30.8 Å². The number of aliphatic hydroxyl groups is 2. The first kappa shape index (κ1) is 18.5. The lowest BCUT2D eigenvalue weighted by molar-refractivity contribution is -0.0402. The van der Waals surface area contributed by atoms with Crippen molar-refractivity contribution in [2.45, 2.75) is 57.0 Å². The number of rotatable bonds is 7. The minimum absolute atomic E-state index is 0.0457. The average Bonchev–Trinajstić information content (AvgIpc) is 3.14. The highest BCUT2D eigenvalue weighted by atomic mass is 32.2. The Morgan fingerprint density at radius 2 is 2.16 bits per heavy atom. The van der Waals surface area contributed by atoms with E-state index in [0.29, 0.717) is 17.6 Å². The summed E-state index contributed by atoms with van der Waals surface area (Å²) in [7, 11) is 0. The van der Waals surface area contributed by atoms with Crippen LogP contribution in [0.25, 0.3) is 11.2 Å². The molecule has 9 heteroatoms. The average molecular weight is 367 g/mol. The fourth-order valence-corrected chi connectivity index (χ4v) is 4.01. The van der Waals surface area contributed by atoms with E-state index in [1.165, 1.54) is 0 Å². The second kappa shape index (κ2) is 7.94. The van der Waals surface area contributed by atoms with Gasteiger partial charge in [-0.2, -0.15) is 0 Å². The van der Waals surface area contributed by atoms with Gasteiger partial charge in [-0.15, -0.1) is 5.10 Å². The molecule has 0 aromatic carbocycles. The molecule has 0 bridgehead atoms. The van der Waals surface area contributed by atoms with Crippen molar-refractivity contribution in [2.75, 3.05) is 19.0 Å². The molecular formula is C16H25N5O3S. The number of thioether (sulfide) groups is 1. The molecule has 0 unspecified atom stereocenters. The molecule has 2 aromatic heterocycles. The fourth-order valence-electron chi connectivity index (χ4n) is 3.27. The van der Waals surface area contributed by atoms with Gasteiger partial charge in [-0.3, -0.25) is 0 Å². The molecule has 138 valence electrons. The lowest BCUT2D eigenvalue weighted by atomic mass is 10.0. The SMILES string of the molecule is CCCSc1nc(C)c2nnn([C@@H]3C[C@H](OCCO)[C@@H](O)[C@H]3C)c2n1. The summed E-state index contributed by atoms with van der Waals surface area (Å²) in [6.45, 7) is 6.18. The van der Waals surface area contributed by atoms with Gasteiger partial charge in [0, 0.05) is 11.7 Å². The van der Waals surface area contributed by atoms with Gasteiger partial charge < -0.3 is 14.9 Å². The largest absolute Gasteiger partial charge is 0.394 e. The summed E-state index contributed by atoms with van der Waals surface area (Å²) < 4.78 is 7.38. The van der Waals surface area contributed by atoms with E-state index in [1.807, 2.05) is 13.8 Å². The number of hydrogen-bond donors (Lipinski definition) is 2. The zero-order valence-corrected chi connectivity index (χ0v) is 15.6. The Kier molecular flexibility index (Phi) is 5.88. The summed E-state index contributed by atoms with van der Waals surface area (Å²) in [4.78, 5) is 9.15. The van der Waals surface area contributed by atoms with Crippen LogP contribution in [-0.2, 0) is 4.74 Å². The Hall–Kier alpha value is -1.29. The lowest BCUT2D eigenvalue weighted by Crippen LogP contribution is -2.28. The predicted octanol–water partition coefficient (Wildman–Crippen LogP) is 1.35. The third kappa shape index (κ3) is 3.64. The molecule has 2 heterocycles. The van der Waals surface area contributed by atoms with E-state index in [9.17, 15) is 5.11 Å². The van der Waals surface area contributed by atoms with E-state index in [1.54, 1.807) is 16.4 Å². The molecule has 1 aliphatic carbocycles. The number of ether oxygens (including phenoxy) is 1. The van der Waals surface area contributed by atoms with E-state index in [2.05, 4.69) is 27.2 Å². The zero-order valence-electron chi connectivity index (χ0n) is 14.8. The molecule has 0 aliphatic heterocycles. The van der Waals surface area contributed by atoms with Crippen molar-refractivity contribution >= 4 is 22.9 Å². The van der Waals surface area contributed by atoms with Crippen molar-refractivity contribution in [1.29, 1.82) is 0 Å². The zero-order chi connectivity index (χ0) is 18.0. The summed E-state index contributed by atoms with van der Waals surface area (Å²) in [5, 5.41) is 28.7. The van der Waals surface area contributed by atoms with E-state index < -0.39 is 6.10 Å². The van der Waals surface area contributed by atoms with Crippen molar-refractivity contribution in [3.05, 3.63) is 5.69 Å². The van der Waals surface area contributed by atoms with Crippen molar-refractivity contribution < 1.29 is 14.9 Å². The van der Waals surface area contributed by atoms with Crippen LogP contribution in [0.4, 0.5) is 0 Å². The summed E-state index contributed by atoms with van der Waals surface area (Å²) >= 11 is 1.62. The van der Waals surface area contributed by atoms with Crippen LogP contribution in [0.5, 0.6) is 0 Å². The minimum atomic E-state index is -0.604. The standard InChI is InChI=1S/C16H25N5O3S/c1-4-7-25-16-17-10(3)13-15(18-16)21(20-19-13)11-8-12(24-6-5-22)14(23)9(11)2/h9,11-12,14,22-23H,4-8H2,1-3H3/t9-,11+,12-,14-/m0/s1. The van der Waals surface area contributed by atoms with Gasteiger partial charge in [0.05, 0.1) is 37.2 Å². The molecule has 0 amide bonds. The van der Waals surface area contributed by atoms with Gasteiger partial charge in [0.1, 0.15) is 0 Å². The third-order valence-corrected chi connectivity index (χ3v) is 5.70. The molecular weight excluding hydrogens is 342 g/mol. The van der Waals surface area contributed by atoms with E-state index in [0.717, 1.165) is 23.0 Å². The quantitative estimate of drug-likeness (QED) is 0.558. The van der Waals surface area contributed by atoms with Gasteiger partial charge in [0.2, 0.25) is 0 Å². The van der Waals surface area contributed by atoms with Gasteiger partial charge in [-0.25, -0.2) is 14.6 Å². The number of fused-ring (bicyclic) bond motifs is 1. The Labute approximate surface area is 151 Å². The second-order valence-corrected chi connectivity index (χ2v) is 7.49. The topological polar surface area (TPSA) is 106 Å².